The SMILES string of the molecule is O=C(Nc1ccc(Br)cc1)[C@H]1Sc2nnc(COc3ccccc3)n2N[C@@H]1c1ccc(F)cc1. The molecule has 4 aromatic rings. The monoisotopic (exact) mass is 539 g/mol. The Morgan fingerprint density at radius 1 is 1.06 bits per heavy atom. The summed E-state index contributed by atoms with van der Waals surface area (Å²) in [5.74, 6) is 0.728. The summed E-state index contributed by atoms with van der Waals surface area (Å²) in [6, 6.07) is 22.4. The third-order valence-electron chi connectivity index (χ3n) is 5.21. The van der Waals surface area contributed by atoms with Crippen LogP contribution in [0.5, 0.6) is 5.75 Å². The van der Waals surface area contributed by atoms with Gasteiger partial charge in [0, 0.05) is 10.2 Å². The number of fused-ring (bicyclic) bond motifs is 1. The summed E-state index contributed by atoms with van der Waals surface area (Å²) in [6.45, 7) is 0.191. The van der Waals surface area contributed by atoms with Gasteiger partial charge in [0.1, 0.15) is 23.4 Å². The third kappa shape index (κ3) is 4.92. The van der Waals surface area contributed by atoms with Gasteiger partial charge in [0.25, 0.3) is 0 Å². The van der Waals surface area contributed by atoms with Gasteiger partial charge < -0.3 is 15.5 Å². The summed E-state index contributed by atoms with van der Waals surface area (Å²) < 4.78 is 22.1. The fourth-order valence-corrected chi connectivity index (χ4v) is 4.89. The Morgan fingerprint density at radius 3 is 2.53 bits per heavy atom. The largest absolute Gasteiger partial charge is 0.486 e. The molecule has 0 bridgehead atoms. The van der Waals surface area contributed by atoms with Gasteiger partial charge >= 0.3 is 0 Å². The first-order valence-corrected chi connectivity index (χ1v) is 12.1. The number of halogens is 2. The Hall–Kier alpha value is -3.37. The van der Waals surface area contributed by atoms with E-state index in [1.807, 2.05) is 54.6 Å². The highest BCUT2D eigenvalue weighted by Gasteiger charge is 2.38. The highest BCUT2D eigenvalue weighted by Crippen LogP contribution is 2.37. The Balaban J connectivity index is 1.41. The molecule has 0 radical (unpaired) electrons. The molecule has 0 spiro atoms. The highest BCUT2D eigenvalue weighted by atomic mass is 79.9. The van der Waals surface area contributed by atoms with Crippen molar-refractivity contribution in [2.75, 3.05) is 10.7 Å². The zero-order chi connectivity index (χ0) is 23.5. The minimum Gasteiger partial charge on any atom is -0.486 e. The van der Waals surface area contributed by atoms with Crippen LogP contribution in [0.3, 0.4) is 0 Å². The predicted molar refractivity (Wildman–Crippen MR) is 132 cm³/mol. The van der Waals surface area contributed by atoms with E-state index in [0.717, 1.165) is 10.0 Å². The van der Waals surface area contributed by atoms with Gasteiger partial charge in [-0.3, -0.25) is 4.79 Å². The first-order valence-electron chi connectivity index (χ1n) is 10.4. The number of anilines is 1. The molecule has 5 rings (SSSR count). The number of amides is 1. The molecule has 1 aliphatic rings. The van der Waals surface area contributed by atoms with Crippen molar-refractivity contribution in [3.05, 3.63) is 101 Å². The first kappa shape index (κ1) is 22.4. The fourth-order valence-electron chi connectivity index (χ4n) is 3.52. The molecular weight excluding hydrogens is 521 g/mol. The summed E-state index contributed by atoms with van der Waals surface area (Å²) >= 11 is 4.69. The summed E-state index contributed by atoms with van der Waals surface area (Å²) in [5.41, 5.74) is 4.78. The standard InChI is InChI=1S/C24H19BrFN5O2S/c25-16-8-12-18(13-9-16)27-23(32)22-21(15-6-10-17(26)11-7-15)30-31-20(28-29-24(31)34-22)14-33-19-4-2-1-3-5-19/h1-13,21-22,30H,14H2,(H,27,32)/t21-,22+/m1/s1. The highest BCUT2D eigenvalue weighted by molar-refractivity contribution is 9.10. The van der Waals surface area contributed by atoms with Crippen LogP contribution in [0, 0.1) is 5.82 Å². The Morgan fingerprint density at radius 2 is 1.79 bits per heavy atom. The molecular formula is C24H19BrFN5O2S. The van der Waals surface area contributed by atoms with Crippen molar-refractivity contribution < 1.29 is 13.9 Å². The number of ether oxygens (including phenoxy) is 1. The molecule has 34 heavy (non-hydrogen) atoms. The second kappa shape index (κ2) is 9.86. The molecule has 10 heteroatoms. The zero-order valence-electron chi connectivity index (χ0n) is 17.7. The zero-order valence-corrected chi connectivity index (χ0v) is 20.1. The lowest BCUT2D eigenvalue weighted by Gasteiger charge is -2.33. The number of carbonyl (C=O) groups is 1. The van der Waals surface area contributed by atoms with Gasteiger partial charge in [0.15, 0.2) is 5.82 Å². The van der Waals surface area contributed by atoms with Crippen LogP contribution < -0.4 is 15.5 Å². The molecule has 172 valence electrons. The summed E-state index contributed by atoms with van der Waals surface area (Å²) in [4.78, 5) is 13.3. The number of para-hydroxylation sites is 1. The number of nitrogens with one attached hydrogen (secondary N) is 2. The Kier molecular flexibility index (Phi) is 6.50. The van der Waals surface area contributed by atoms with Crippen molar-refractivity contribution in [2.45, 2.75) is 23.1 Å². The van der Waals surface area contributed by atoms with E-state index in [0.29, 0.717) is 22.4 Å². The summed E-state index contributed by atoms with van der Waals surface area (Å²) in [5, 5.41) is 11.4. The minimum atomic E-state index is -0.575. The number of hydrogen-bond donors (Lipinski definition) is 2. The van der Waals surface area contributed by atoms with Gasteiger partial charge in [0.05, 0.1) is 6.04 Å². The number of rotatable bonds is 6. The smallest absolute Gasteiger partial charge is 0.240 e. The van der Waals surface area contributed by atoms with Crippen molar-refractivity contribution in [3.63, 3.8) is 0 Å². The predicted octanol–water partition coefficient (Wildman–Crippen LogP) is 5.16. The molecule has 2 atom stereocenters. The molecule has 1 aliphatic heterocycles. The molecule has 1 amide bonds. The maximum Gasteiger partial charge on any atom is 0.240 e. The van der Waals surface area contributed by atoms with E-state index in [1.54, 1.807) is 16.8 Å². The molecule has 2 heterocycles. The Labute approximate surface area is 207 Å². The quantitative estimate of drug-likeness (QED) is 0.352. The van der Waals surface area contributed by atoms with Gasteiger partial charge in [-0.2, -0.15) is 0 Å². The normalized spacial score (nSPS) is 16.9. The maximum absolute atomic E-state index is 13.6. The lowest BCUT2D eigenvalue weighted by molar-refractivity contribution is -0.116. The fraction of sp³-hybridized carbons (Fsp3) is 0.125. The Bertz CT molecular complexity index is 1290. The van der Waals surface area contributed by atoms with Crippen LogP contribution >= 0.6 is 27.7 Å². The average Bonchev–Trinajstić information content (AvgIpc) is 3.26. The van der Waals surface area contributed by atoms with Crippen LogP contribution in [0.2, 0.25) is 0 Å². The number of carbonyl (C=O) groups excluding carboxylic acids is 1. The lowest BCUT2D eigenvalue weighted by atomic mass is 10.0. The van der Waals surface area contributed by atoms with Gasteiger partial charge in [-0.15, -0.1) is 10.2 Å². The molecule has 0 unspecified atom stereocenters. The molecule has 2 N–H and O–H groups in total. The molecule has 0 saturated heterocycles. The lowest BCUT2D eigenvalue weighted by Crippen LogP contribution is -2.41. The van der Waals surface area contributed by atoms with Crippen LogP contribution in [-0.4, -0.2) is 26.0 Å². The van der Waals surface area contributed by atoms with Crippen LogP contribution in [0.15, 0.2) is 88.5 Å². The van der Waals surface area contributed by atoms with Gasteiger partial charge in [0.2, 0.25) is 11.1 Å². The topological polar surface area (TPSA) is 81.1 Å². The van der Waals surface area contributed by atoms with E-state index in [1.165, 1.54) is 23.9 Å². The van der Waals surface area contributed by atoms with Crippen LogP contribution in [0.25, 0.3) is 0 Å². The van der Waals surface area contributed by atoms with Crippen LogP contribution in [-0.2, 0) is 11.4 Å². The van der Waals surface area contributed by atoms with E-state index >= 15 is 0 Å². The summed E-state index contributed by atoms with van der Waals surface area (Å²) in [7, 11) is 0. The van der Waals surface area contributed by atoms with Crippen LogP contribution in [0.1, 0.15) is 17.4 Å². The number of nitrogens with zero attached hydrogens (tertiary/aromatic N) is 3. The van der Waals surface area contributed by atoms with Gasteiger partial charge in [-0.05, 0) is 54.1 Å². The number of thioether (sulfide) groups is 1. The van der Waals surface area contributed by atoms with E-state index in [2.05, 4.69) is 36.9 Å². The first-order chi connectivity index (χ1) is 16.6. The number of hydrogen-bond acceptors (Lipinski definition) is 6. The van der Waals surface area contributed by atoms with Gasteiger partial charge in [-0.1, -0.05) is 58.0 Å². The summed E-state index contributed by atoms with van der Waals surface area (Å²) in [6.07, 6.45) is 0. The molecule has 7 nitrogen and oxygen atoms in total. The number of aromatic nitrogens is 3. The molecule has 0 aliphatic carbocycles. The van der Waals surface area contributed by atoms with Crippen molar-refractivity contribution in [2.24, 2.45) is 0 Å². The van der Waals surface area contributed by atoms with Crippen molar-refractivity contribution in [3.8, 4) is 5.75 Å². The minimum absolute atomic E-state index is 0.191. The van der Waals surface area contributed by atoms with E-state index in [4.69, 9.17) is 4.74 Å². The molecule has 3 aromatic carbocycles. The van der Waals surface area contributed by atoms with E-state index in [9.17, 15) is 9.18 Å². The third-order valence-corrected chi connectivity index (χ3v) is 6.96. The average molecular weight is 540 g/mol. The van der Waals surface area contributed by atoms with Crippen molar-refractivity contribution in [1.82, 2.24) is 14.9 Å². The van der Waals surface area contributed by atoms with Crippen molar-refractivity contribution >= 4 is 39.3 Å². The number of benzene rings is 3. The van der Waals surface area contributed by atoms with Crippen molar-refractivity contribution in [1.29, 1.82) is 0 Å². The molecule has 1 aromatic heterocycles. The second-order valence-electron chi connectivity index (χ2n) is 7.53. The molecule has 0 fully saturated rings. The van der Waals surface area contributed by atoms with Crippen LogP contribution in [0.4, 0.5) is 10.1 Å². The van der Waals surface area contributed by atoms with Gasteiger partial charge in [-0.25, -0.2) is 9.07 Å². The second-order valence-corrected chi connectivity index (χ2v) is 9.55. The van der Waals surface area contributed by atoms with E-state index in [-0.39, 0.29) is 18.3 Å². The van der Waals surface area contributed by atoms with E-state index < -0.39 is 11.3 Å². The maximum atomic E-state index is 13.6. The molecule has 0 saturated carbocycles.